The van der Waals surface area contributed by atoms with Crippen molar-refractivity contribution in [2.45, 2.75) is 26.2 Å². The van der Waals surface area contributed by atoms with Crippen LogP contribution in [0.3, 0.4) is 0 Å². The van der Waals surface area contributed by atoms with Gasteiger partial charge in [0, 0.05) is 13.1 Å². The molecule has 1 aliphatic rings. The molecule has 1 aromatic heterocycles. The zero-order valence-corrected chi connectivity index (χ0v) is 10.5. The predicted molar refractivity (Wildman–Crippen MR) is 57.1 cm³/mol. The number of carbonyl (C=O) groups is 2. The van der Waals surface area contributed by atoms with Crippen LogP contribution in [0.5, 0.6) is 0 Å². The van der Waals surface area contributed by atoms with E-state index in [9.17, 15) is 22.8 Å². The summed E-state index contributed by atoms with van der Waals surface area (Å²) in [5.41, 5.74) is 0. The number of alkyl halides is 3. The van der Waals surface area contributed by atoms with E-state index in [4.69, 9.17) is 0 Å². The predicted octanol–water partition coefficient (Wildman–Crippen LogP) is 0.202. The first kappa shape index (κ1) is 14.3. The van der Waals surface area contributed by atoms with Crippen molar-refractivity contribution in [3.63, 3.8) is 0 Å². The number of carbonyl (C=O) groups excluding carboxylic acids is 2. The van der Waals surface area contributed by atoms with Gasteiger partial charge in [0.15, 0.2) is 5.82 Å². The number of rotatable bonds is 1. The minimum absolute atomic E-state index is 0.0128. The third-order valence-corrected chi connectivity index (χ3v) is 2.74. The fourth-order valence-electron chi connectivity index (χ4n) is 1.86. The molecule has 2 rings (SSSR count). The Kier molecular flexibility index (Phi) is 3.64. The zero-order chi connectivity index (χ0) is 14.9. The minimum Gasteiger partial charge on any atom is -0.459 e. The lowest BCUT2D eigenvalue weighted by Crippen LogP contribution is -2.43. The molecular weight excluding hydrogens is 281 g/mol. The van der Waals surface area contributed by atoms with Gasteiger partial charge in [0.1, 0.15) is 0 Å². The van der Waals surface area contributed by atoms with Gasteiger partial charge in [-0.2, -0.15) is 13.2 Å². The fraction of sp³-hybridized carbons (Fsp3) is 0.600. The number of hydrogen-bond acceptors (Lipinski definition) is 5. The summed E-state index contributed by atoms with van der Waals surface area (Å²) in [5, 5.41) is 6.49. The first-order valence-electron chi connectivity index (χ1n) is 5.80. The van der Waals surface area contributed by atoms with E-state index in [0.717, 1.165) is 9.47 Å². The number of aromatic nitrogens is 3. The molecular formula is C10H11F3N4O3. The Morgan fingerprint density at radius 1 is 1.30 bits per heavy atom. The summed E-state index contributed by atoms with van der Waals surface area (Å²) in [7, 11) is 0. The van der Waals surface area contributed by atoms with Crippen molar-refractivity contribution in [2.75, 3.05) is 13.2 Å². The smallest absolute Gasteiger partial charge is 0.451 e. The molecule has 0 aromatic carbocycles. The number of fused-ring (bicyclic) bond motifs is 1. The second-order valence-corrected chi connectivity index (χ2v) is 4.04. The zero-order valence-electron chi connectivity index (χ0n) is 10.5. The lowest BCUT2D eigenvalue weighted by Gasteiger charge is -2.27. The summed E-state index contributed by atoms with van der Waals surface area (Å²) in [6.07, 6.45) is -4.60. The molecule has 10 heteroatoms. The van der Waals surface area contributed by atoms with Crippen LogP contribution in [0.2, 0.25) is 0 Å². The Bertz CT molecular complexity index is 540. The fourth-order valence-corrected chi connectivity index (χ4v) is 1.86. The van der Waals surface area contributed by atoms with Crippen molar-refractivity contribution in [2.24, 2.45) is 0 Å². The summed E-state index contributed by atoms with van der Waals surface area (Å²) >= 11 is 0. The van der Waals surface area contributed by atoms with Crippen LogP contribution in [0, 0.1) is 0 Å². The second-order valence-electron chi connectivity index (χ2n) is 4.04. The summed E-state index contributed by atoms with van der Waals surface area (Å²) in [5.74, 6) is -3.04. The van der Waals surface area contributed by atoms with E-state index in [1.54, 1.807) is 6.92 Å². The van der Waals surface area contributed by atoms with Crippen molar-refractivity contribution in [1.82, 2.24) is 19.7 Å². The molecule has 20 heavy (non-hydrogen) atoms. The SMILES string of the molecule is CCOC(=O)C(=O)N1CCn2c(nnc2C(F)(F)F)C1. The van der Waals surface area contributed by atoms with Gasteiger partial charge in [-0.25, -0.2) is 4.79 Å². The average molecular weight is 292 g/mol. The molecule has 1 amide bonds. The van der Waals surface area contributed by atoms with Crippen molar-refractivity contribution in [3.05, 3.63) is 11.6 Å². The quantitative estimate of drug-likeness (QED) is 0.546. The number of nitrogens with zero attached hydrogens (tertiary/aromatic N) is 4. The van der Waals surface area contributed by atoms with E-state index in [2.05, 4.69) is 14.9 Å². The first-order valence-corrected chi connectivity index (χ1v) is 5.80. The van der Waals surface area contributed by atoms with Gasteiger partial charge in [-0.3, -0.25) is 4.79 Å². The molecule has 0 bridgehead atoms. The number of esters is 1. The van der Waals surface area contributed by atoms with Gasteiger partial charge in [-0.1, -0.05) is 0 Å². The van der Waals surface area contributed by atoms with Crippen LogP contribution in [0.15, 0.2) is 0 Å². The average Bonchev–Trinajstić information content (AvgIpc) is 2.80. The Balaban J connectivity index is 2.15. The topological polar surface area (TPSA) is 77.3 Å². The van der Waals surface area contributed by atoms with Crippen molar-refractivity contribution in [1.29, 1.82) is 0 Å². The minimum atomic E-state index is -4.60. The van der Waals surface area contributed by atoms with Gasteiger partial charge < -0.3 is 14.2 Å². The molecule has 0 spiro atoms. The van der Waals surface area contributed by atoms with Crippen LogP contribution in [0.25, 0.3) is 0 Å². The maximum atomic E-state index is 12.6. The molecule has 0 N–H and O–H groups in total. The highest BCUT2D eigenvalue weighted by Crippen LogP contribution is 2.29. The summed E-state index contributed by atoms with van der Waals surface area (Å²) < 4.78 is 43.3. The Labute approximate surface area is 111 Å². The van der Waals surface area contributed by atoms with E-state index in [1.165, 1.54) is 0 Å². The largest absolute Gasteiger partial charge is 0.459 e. The Hall–Kier alpha value is -2.13. The summed E-state index contributed by atoms with van der Waals surface area (Å²) in [4.78, 5) is 24.0. The molecule has 0 unspecified atom stereocenters. The molecule has 0 saturated carbocycles. The van der Waals surface area contributed by atoms with Crippen LogP contribution in [0.1, 0.15) is 18.6 Å². The standard InChI is InChI=1S/C10H11F3N4O3/c1-2-20-8(19)7(18)16-3-4-17-6(5-16)14-15-9(17)10(11,12)13/h2-5H2,1H3. The van der Waals surface area contributed by atoms with E-state index in [-0.39, 0.29) is 32.1 Å². The van der Waals surface area contributed by atoms with Gasteiger partial charge in [-0.15, -0.1) is 10.2 Å². The highest BCUT2D eigenvalue weighted by molar-refractivity contribution is 6.32. The molecule has 1 aliphatic heterocycles. The second kappa shape index (κ2) is 5.10. The van der Waals surface area contributed by atoms with Gasteiger partial charge in [0.05, 0.1) is 13.2 Å². The van der Waals surface area contributed by atoms with Gasteiger partial charge in [0.25, 0.3) is 0 Å². The number of halogens is 3. The monoisotopic (exact) mass is 292 g/mol. The van der Waals surface area contributed by atoms with E-state index < -0.39 is 23.9 Å². The van der Waals surface area contributed by atoms with Crippen LogP contribution in [-0.2, 0) is 33.6 Å². The highest BCUT2D eigenvalue weighted by atomic mass is 19.4. The van der Waals surface area contributed by atoms with Gasteiger partial charge in [0.2, 0.25) is 5.82 Å². The lowest BCUT2D eigenvalue weighted by atomic mass is 10.3. The molecule has 110 valence electrons. The van der Waals surface area contributed by atoms with Crippen molar-refractivity contribution < 1.29 is 27.5 Å². The third kappa shape index (κ3) is 2.58. The molecule has 7 nitrogen and oxygen atoms in total. The van der Waals surface area contributed by atoms with Crippen LogP contribution in [0.4, 0.5) is 13.2 Å². The molecule has 0 radical (unpaired) electrons. The van der Waals surface area contributed by atoms with Crippen LogP contribution >= 0.6 is 0 Å². The highest BCUT2D eigenvalue weighted by Gasteiger charge is 2.40. The van der Waals surface area contributed by atoms with Crippen molar-refractivity contribution in [3.8, 4) is 0 Å². The molecule has 0 atom stereocenters. The lowest BCUT2D eigenvalue weighted by molar-refractivity contribution is -0.161. The summed E-state index contributed by atoms with van der Waals surface area (Å²) in [6, 6.07) is 0. The summed E-state index contributed by atoms with van der Waals surface area (Å²) in [6.45, 7) is 1.23. The van der Waals surface area contributed by atoms with Gasteiger partial charge >= 0.3 is 18.1 Å². The van der Waals surface area contributed by atoms with Gasteiger partial charge in [-0.05, 0) is 6.92 Å². The maximum absolute atomic E-state index is 12.6. The number of amides is 1. The van der Waals surface area contributed by atoms with E-state index in [1.807, 2.05) is 0 Å². The molecule has 0 aliphatic carbocycles. The molecule has 0 saturated heterocycles. The van der Waals surface area contributed by atoms with Crippen LogP contribution in [-0.4, -0.2) is 44.7 Å². The first-order chi connectivity index (χ1) is 9.34. The Morgan fingerprint density at radius 2 is 2.00 bits per heavy atom. The number of ether oxygens (including phenoxy) is 1. The molecule has 1 aromatic rings. The number of hydrogen-bond donors (Lipinski definition) is 0. The molecule has 2 heterocycles. The van der Waals surface area contributed by atoms with Crippen LogP contribution < -0.4 is 0 Å². The molecule has 0 fully saturated rings. The third-order valence-electron chi connectivity index (χ3n) is 2.74. The van der Waals surface area contributed by atoms with Crippen molar-refractivity contribution >= 4 is 11.9 Å². The Morgan fingerprint density at radius 3 is 2.60 bits per heavy atom. The normalized spacial score (nSPS) is 14.9. The van der Waals surface area contributed by atoms with E-state index in [0.29, 0.717) is 0 Å². The van der Waals surface area contributed by atoms with E-state index >= 15 is 0 Å². The maximum Gasteiger partial charge on any atom is 0.451 e.